The zero-order chi connectivity index (χ0) is 22.0. The van der Waals surface area contributed by atoms with Gasteiger partial charge in [-0.1, -0.05) is 20.8 Å². The average Bonchev–Trinajstić information content (AvgIpc) is 2.99. The molecule has 168 valence electrons. The highest BCUT2D eigenvalue weighted by Crippen LogP contribution is 2.24. The lowest BCUT2D eigenvalue weighted by atomic mass is 10.1. The maximum Gasteiger partial charge on any atom is 0.237 e. The SMILES string of the molecule is CCCNC(C)C(=O)NC(C=O)CN(CC[C@H]1CCC(C)N1C)C(=O)CC(C)C. The molecule has 0 aromatic heterocycles. The first kappa shape index (κ1) is 25.6. The number of hydrogen-bond donors (Lipinski definition) is 2. The molecule has 1 heterocycles. The molecule has 2 N–H and O–H groups in total. The Hall–Kier alpha value is -1.47. The van der Waals surface area contributed by atoms with Crippen molar-refractivity contribution in [3.8, 4) is 0 Å². The van der Waals surface area contributed by atoms with E-state index in [9.17, 15) is 14.4 Å². The Morgan fingerprint density at radius 2 is 1.93 bits per heavy atom. The van der Waals surface area contributed by atoms with Gasteiger partial charge in [-0.3, -0.25) is 9.59 Å². The fourth-order valence-electron chi connectivity index (χ4n) is 3.77. The smallest absolute Gasteiger partial charge is 0.237 e. The number of rotatable bonds is 13. The van der Waals surface area contributed by atoms with Crippen LogP contribution in [0, 0.1) is 5.92 Å². The van der Waals surface area contributed by atoms with Gasteiger partial charge in [0.15, 0.2) is 0 Å². The number of nitrogens with one attached hydrogen (secondary N) is 2. The molecule has 0 bridgehead atoms. The predicted octanol–water partition coefficient (Wildman–Crippen LogP) is 1.81. The maximum absolute atomic E-state index is 12.8. The van der Waals surface area contributed by atoms with Crippen molar-refractivity contribution in [3.05, 3.63) is 0 Å². The van der Waals surface area contributed by atoms with Crippen molar-refractivity contribution in [1.29, 1.82) is 0 Å². The first-order valence-corrected chi connectivity index (χ1v) is 11.2. The van der Waals surface area contributed by atoms with Crippen LogP contribution in [0.1, 0.15) is 66.7 Å². The standard InChI is InChI=1S/C22H42N4O3/c1-7-11-23-18(5)22(29)24-19(15-27)14-26(21(28)13-16(2)3)12-10-20-9-8-17(4)25(20)6/h15-20,23H,7-14H2,1-6H3,(H,24,29)/t17?,18?,19?,20-/m1/s1. The number of nitrogens with zero attached hydrogens (tertiary/aromatic N) is 2. The van der Waals surface area contributed by atoms with Crippen LogP contribution in [0.25, 0.3) is 0 Å². The minimum absolute atomic E-state index is 0.0481. The summed E-state index contributed by atoms with van der Waals surface area (Å²) < 4.78 is 0. The van der Waals surface area contributed by atoms with E-state index in [2.05, 4.69) is 29.5 Å². The van der Waals surface area contributed by atoms with Crippen LogP contribution in [0.15, 0.2) is 0 Å². The molecular formula is C22H42N4O3. The van der Waals surface area contributed by atoms with E-state index in [0.717, 1.165) is 32.1 Å². The lowest BCUT2D eigenvalue weighted by molar-refractivity contribution is -0.134. The van der Waals surface area contributed by atoms with E-state index in [-0.39, 0.29) is 30.3 Å². The van der Waals surface area contributed by atoms with E-state index < -0.39 is 6.04 Å². The Morgan fingerprint density at radius 3 is 2.45 bits per heavy atom. The summed E-state index contributed by atoms with van der Waals surface area (Å²) in [6, 6.07) is -0.0311. The first-order valence-electron chi connectivity index (χ1n) is 11.2. The summed E-state index contributed by atoms with van der Waals surface area (Å²) in [6.07, 6.45) is 5.32. The molecule has 1 saturated heterocycles. The summed E-state index contributed by atoms with van der Waals surface area (Å²) in [7, 11) is 2.14. The lowest BCUT2D eigenvalue weighted by Gasteiger charge is -2.30. The summed E-state index contributed by atoms with van der Waals surface area (Å²) >= 11 is 0. The molecule has 0 aromatic carbocycles. The van der Waals surface area contributed by atoms with E-state index in [1.807, 2.05) is 20.8 Å². The van der Waals surface area contributed by atoms with Crippen molar-refractivity contribution in [1.82, 2.24) is 20.4 Å². The number of carbonyl (C=O) groups excluding carboxylic acids is 3. The van der Waals surface area contributed by atoms with Gasteiger partial charge in [0.05, 0.1) is 6.04 Å². The number of likely N-dealkylation sites (tertiary alicyclic amines) is 1. The molecular weight excluding hydrogens is 368 g/mol. The molecule has 0 spiro atoms. The molecule has 1 fully saturated rings. The summed E-state index contributed by atoms with van der Waals surface area (Å²) in [5.74, 6) is 0.0878. The van der Waals surface area contributed by atoms with Gasteiger partial charge < -0.3 is 25.2 Å². The Kier molecular flexibility index (Phi) is 11.4. The van der Waals surface area contributed by atoms with E-state index in [1.54, 1.807) is 11.8 Å². The number of aldehydes is 1. The molecule has 1 aliphatic rings. The Labute approximate surface area is 177 Å². The fourth-order valence-corrected chi connectivity index (χ4v) is 3.77. The molecule has 7 nitrogen and oxygen atoms in total. The third kappa shape index (κ3) is 8.83. The molecule has 2 amide bonds. The van der Waals surface area contributed by atoms with Crippen LogP contribution in [-0.4, -0.2) is 78.7 Å². The molecule has 4 atom stereocenters. The van der Waals surface area contributed by atoms with Gasteiger partial charge in [0.1, 0.15) is 12.3 Å². The van der Waals surface area contributed by atoms with Gasteiger partial charge in [-0.2, -0.15) is 0 Å². The zero-order valence-corrected chi connectivity index (χ0v) is 19.2. The minimum Gasteiger partial charge on any atom is -0.343 e. The Bertz CT molecular complexity index is 526. The van der Waals surface area contributed by atoms with E-state index in [1.165, 1.54) is 6.42 Å². The van der Waals surface area contributed by atoms with Crippen LogP contribution < -0.4 is 10.6 Å². The van der Waals surface area contributed by atoms with Crippen LogP contribution in [0.2, 0.25) is 0 Å². The van der Waals surface area contributed by atoms with Gasteiger partial charge in [0.2, 0.25) is 11.8 Å². The van der Waals surface area contributed by atoms with Crippen LogP contribution in [0.5, 0.6) is 0 Å². The number of amides is 2. The van der Waals surface area contributed by atoms with Crippen molar-refractivity contribution in [2.45, 2.75) is 90.9 Å². The zero-order valence-electron chi connectivity index (χ0n) is 19.2. The Morgan fingerprint density at radius 1 is 1.24 bits per heavy atom. The van der Waals surface area contributed by atoms with E-state index >= 15 is 0 Å². The highest BCUT2D eigenvalue weighted by atomic mass is 16.2. The molecule has 0 saturated carbocycles. The molecule has 29 heavy (non-hydrogen) atoms. The third-order valence-corrected chi connectivity index (χ3v) is 5.86. The van der Waals surface area contributed by atoms with Crippen LogP contribution in [0.4, 0.5) is 0 Å². The largest absolute Gasteiger partial charge is 0.343 e. The predicted molar refractivity (Wildman–Crippen MR) is 117 cm³/mol. The van der Waals surface area contributed by atoms with Crippen molar-refractivity contribution in [2.24, 2.45) is 5.92 Å². The van der Waals surface area contributed by atoms with Crippen molar-refractivity contribution < 1.29 is 14.4 Å². The molecule has 0 radical (unpaired) electrons. The van der Waals surface area contributed by atoms with Crippen molar-refractivity contribution in [3.63, 3.8) is 0 Å². The average molecular weight is 411 g/mol. The van der Waals surface area contributed by atoms with Crippen molar-refractivity contribution >= 4 is 18.1 Å². The molecule has 3 unspecified atom stereocenters. The van der Waals surface area contributed by atoms with Gasteiger partial charge in [-0.25, -0.2) is 0 Å². The van der Waals surface area contributed by atoms with E-state index in [4.69, 9.17) is 0 Å². The highest BCUT2D eigenvalue weighted by Gasteiger charge is 2.29. The van der Waals surface area contributed by atoms with Gasteiger partial charge in [-0.05, 0) is 59.0 Å². The maximum atomic E-state index is 12.8. The van der Waals surface area contributed by atoms with Gasteiger partial charge in [-0.15, -0.1) is 0 Å². The van der Waals surface area contributed by atoms with Gasteiger partial charge >= 0.3 is 0 Å². The van der Waals surface area contributed by atoms with Gasteiger partial charge in [0.25, 0.3) is 0 Å². The quantitative estimate of drug-likeness (QED) is 0.453. The monoisotopic (exact) mass is 410 g/mol. The summed E-state index contributed by atoms with van der Waals surface area (Å²) in [4.78, 5) is 40.9. The summed E-state index contributed by atoms with van der Waals surface area (Å²) in [6.45, 7) is 11.7. The second-order valence-corrected chi connectivity index (χ2v) is 8.90. The topological polar surface area (TPSA) is 81.8 Å². The fraction of sp³-hybridized carbons (Fsp3) is 0.864. The molecule has 0 aromatic rings. The van der Waals surface area contributed by atoms with Crippen LogP contribution in [-0.2, 0) is 14.4 Å². The normalized spacial score (nSPS) is 21.8. The second kappa shape index (κ2) is 13.0. The third-order valence-electron chi connectivity index (χ3n) is 5.86. The van der Waals surface area contributed by atoms with Crippen LogP contribution in [0.3, 0.4) is 0 Å². The molecule has 7 heteroatoms. The van der Waals surface area contributed by atoms with Gasteiger partial charge in [0, 0.05) is 31.6 Å². The molecule has 1 rings (SSSR count). The van der Waals surface area contributed by atoms with E-state index in [0.29, 0.717) is 25.0 Å². The Balaban J connectivity index is 2.71. The summed E-state index contributed by atoms with van der Waals surface area (Å²) in [5, 5.41) is 5.90. The lowest BCUT2D eigenvalue weighted by Crippen LogP contribution is -2.52. The number of hydrogen-bond acceptors (Lipinski definition) is 5. The first-order chi connectivity index (χ1) is 13.7. The van der Waals surface area contributed by atoms with Crippen LogP contribution >= 0.6 is 0 Å². The van der Waals surface area contributed by atoms with Crippen molar-refractivity contribution in [2.75, 3.05) is 26.7 Å². The molecule has 0 aliphatic carbocycles. The highest BCUT2D eigenvalue weighted by molar-refractivity contribution is 5.84. The molecule has 1 aliphatic heterocycles. The minimum atomic E-state index is -0.690. The summed E-state index contributed by atoms with van der Waals surface area (Å²) in [5.41, 5.74) is 0. The number of carbonyl (C=O) groups is 3. The second-order valence-electron chi connectivity index (χ2n) is 8.90.